The normalized spacial score (nSPS) is 15.6. The highest BCUT2D eigenvalue weighted by Gasteiger charge is 2.16. The van der Waals surface area contributed by atoms with E-state index >= 15 is 0 Å². The van der Waals surface area contributed by atoms with Crippen LogP contribution >= 0.6 is 12.8 Å². The van der Waals surface area contributed by atoms with Crippen molar-refractivity contribution in [2.24, 2.45) is 7.05 Å². The van der Waals surface area contributed by atoms with E-state index in [1.165, 1.54) is 36.0 Å². The van der Waals surface area contributed by atoms with Gasteiger partial charge in [0.05, 0.1) is 6.20 Å². The van der Waals surface area contributed by atoms with Crippen molar-refractivity contribution in [3.8, 4) is 11.1 Å². The van der Waals surface area contributed by atoms with Crippen molar-refractivity contribution in [3.63, 3.8) is 0 Å². The second kappa shape index (κ2) is 5.57. The Bertz CT molecular complexity index is 916. The summed E-state index contributed by atoms with van der Waals surface area (Å²) in [7, 11) is 1.93. The third-order valence-electron chi connectivity index (χ3n) is 4.73. The molecule has 118 valence electrons. The van der Waals surface area contributed by atoms with Crippen LogP contribution in [0.3, 0.4) is 0 Å². The Morgan fingerprint density at radius 1 is 1.09 bits per heavy atom. The summed E-state index contributed by atoms with van der Waals surface area (Å²) >= 11 is 4.52. The molecule has 4 rings (SSSR count). The first-order valence-corrected chi connectivity index (χ1v) is 8.42. The van der Waals surface area contributed by atoms with Gasteiger partial charge in [-0.1, -0.05) is 18.4 Å². The predicted molar refractivity (Wildman–Crippen MR) is 97.4 cm³/mol. The van der Waals surface area contributed by atoms with Crippen molar-refractivity contribution in [2.75, 3.05) is 0 Å². The molecule has 0 aromatic carbocycles. The quantitative estimate of drug-likeness (QED) is 0.706. The van der Waals surface area contributed by atoms with Crippen LogP contribution in [-0.2, 0) is 7.05 Å². The SMILES string of the molecule is CC1=C(c2cnc3c(c2)c(-c2cnn(C)c2)cn3S)CCCC1. The van der Waals surface area contributed by atoms with Crippen molar-refractivity contribution in [1.29, 1.82) is 0 Å². The molecule has 0 saturated heterocycles. The predicted octanol–water partition coefficient (Wildman–Crippen LogP) is 4.48. The molecule has 0 saturated carbocycles. The summed E-state index contributed by atoms with van der Waals surface area (Å²) in [5.74, 6) is 0. The number of fused-ring (bicyclic) bond motifs is 1. The largest absolute Gasteiger partial charge is 0.277 e. The van der Waals surface area contributed by atoms with E-state index < -0.39 is 0 Å². The van der Waals surface area contributed by atoms with Gasteiger partial charge in [0.2, 0.25) is 0 Å². The lowest BCUT2D eigenvalue weighted by atomic mass is 9.88. The smallest absolute Gasteiger partial charge is 0.150 e. The number of aromatic nitrogens is 4. The molecular formula is C18H20N4S. The summed E-state index contributed by atoms with van der Waals surface area (Å²) in [5, 5.41) is 5.42. The van der Waals surface area contributed by atoms with Crippen molar-refractivity contribution >= 4 is 29.4 Å². The van der Waals surface area contributed by atoms with Crippen molar-refractivity contribution in [3.05, 3.63) is 42.0 Å². The van der Waals surface area contributed by atoms with Gasteiger partial charge in [0.25, 0.3) is 0 Å². The molecule has 0 bridgehead atoms. The highest BCUT2D eigenvalue weighted by molar-refractivity contribution is 7.78. The Morgan fingerprint density at radius 2 is 1.91 bits per heavy atom. The highest BCUT2D eigenvalue weighted by atomic mass is 32.1. The zero-order valence-electron chi connectivity index (χ0n) is 13.5. The van der Waals surface area contributed by atoms with E-state index in [-0.39, 0.29) is 0 Å². The van der Waals surface area contributed by atoms with E-state index in [9.17, 15) is 0 Å². The summed E-state index contributed by atoms with van der Waals surface area (Å²) in [6.07, 6.45) is 12.9. The van der Waals surface area contributed by atoms with E-state index in [1.54, 1.807) is 3.97 Å². The van der Waals surface area contributed by atoms with Crippen LogP contribution < -0.4 is 0 Å². The van der Waals surface area contributed by atoms with Crippen LogP contribution in [-0.4, -0.2) is 18.7 Å². The number of aryl methyl sites for hydroxylation is 1. The molecule has 0 radical (unpaired) electrons. The Morgan fingerprint density at radius 3 is 2.65 bits per heavy atom. The van der Waals surface area contributed by atoms with Crippen LogP contribution in [0, 0.1) is 0 Å². The molecule has 0 spiro atoms. The topological polar surface area (TPSA) is 35.6 Å². The zero-order valence-corrected chi connectivity index (χ0v) is 14.3. The van der Waals surface area contributed by atoms with Crippen LogP contribution in [0.15, 0.2) is 36.4 Å². The molecule has 0 unspecified atom stereocenters. The highest BCUT2D eigenvalue weighted by Crippen LogP contribution is 2.36. The molecule has 3 aromatic heterocycles. The number of thiol groups is 1. The number of nitrogens with zero attached hydrogens (tertiary/aromatic N) is 4. The number of pyridine rings is 1. The fourth-order valence-corrected chi connectivity index (χ4v) is 3.77. The van der Waals surface area contributed by atoms with Gasteiger partial charge in [-0.05, 0) is 49.8 Å². The molecule has 23 heavy (non-hydrogen) atoms. The zero-order chi connectivity index (χ0) is 16.0. The minimum absolute atomic E-state index is 0.894. The third-order valence-corrected chi connectivity index (χ3v) is 5.04. The molecule has 0 N–H and O–H groups in total. The van der Waals surface area contributed by atoms with Gasteiger partial charge in [0.1, 0.15) is 5.65 Å². The maximum atomic E-state index is 4.67. The third kappa shape index (κ3) is 2.49. The number of allylic oxidation sites excluding steroid dienone is 2. The molecule has 5 heteroatoms. The lowest BCUT2D eigenvalue weighted by Crippen LogP contribution is -1.98. The Hall–Kier alpha value is -2.01. The molecule has 3 aromatic rings. The first-order chi connectivity index (χ1) is 11.1. The molecule has 3 heterocycles. The summed E-state index contributed by atoms with van der Waals surface area (Å²) in [4.78, 5) is 4.67. The van der Waals surface area contributed by atoms with Crippen LogP contribution in [0.25, 0.3) is 27.7 Å². The fourth-order valence-electron chi connectivity index (χ4n) is 3.49. The summed E-state index contributed by atoms with van der Waals surface area (Å²) in [5.41, 5.74) is 7.34. The molecule has 1 aliphatic carbocycles. The maximum Gasteiger partial charge on any atom is 0.150 e. The van der Waals surface area contributed by atoms with Gasteiger partial charge in [0.15, 0.2) is 0 Å². The van der Waals surface area contributed by atoms with Gasteiger partial charge in [-0.15, -0.1) is 0 Å². The summed E-state index contributed by atoms with van der Waals surface area (Å²) in [6.45, 7) is 2.25. The van der Waals surface area contributed by atoms with E-state index in [4.69, 9.17) is 0 Å². The molecule has 0 atom stereocenters. The average molecular weight is 324 g/mol. The molecular weight excluding hydrogens is 304 g/mol. The number of hydrogen-bond acceptors (Lipinski definition) is 3. The average Bonchev–Trinajstić information content (AvgIpc) is 3.11. The monoisotopic (exact) mass is 324 g/mol. The van der Waals surface area contributed by atoms with Crippen LogP contribution in [0.2, 0.25) is 0 Å². The van der Waals surface area contributed by atoms with E-state index in [2.05, 4.69) is 35.9 Å². The summed E-state index contributed by atoms with van der Waals surface area (Å²) < 4.78 is 3.62. The second-order valence-corrected chi connectivity index (χ2v) is 6.78. The maximum absolute atomic E-state index is 4.67. The lowest BCUT2D eigenvalue weighted by Gasteiger charge is -2.17. The van der Waals surface area contributed by atoms with Gasteiger partial charge in [-0.2, -0.15) is 5.10 Å². The van der Waals surface area contributed by atoms with E-state index in [0.29, 0.717) is 0 Å². The van der Waals surface area contributed by atoms with E-state index in [0.717, 1.165) is 28.6 Å². The van der Waals surface area contributed by atoms with Crippen molar-refractivity contribution in [2.45, 2.75) is 32.6 Å². The first kappa shape index (κ1) is 14.6. The Labute approximate surface area is 141 Å². The van der Waals surface area contributed by atoms with Crippen LogP contribution in [0.5, 0.6) is 0 Å². The van der Waals surface area contributed by atoms with Crippen LogP contribution in [0.1, 0.15) is 38.2 Å². The van der Waals surface area contributed by atoms with E-state index in [1.807, 2.05) is 36.5 Å². The van der Waals surface area contributed by atoms with Gasteiger partial charge < -0.3 is 0 Å². The Kier molecular flexibility index (Phi) is 3.53. The second-order valence-electron chi connectivity index (χ2n) is 6.35. The van der Waals surface area contributed by atoms with Gasteiger partial charge in [-0.3, -0.25) is 8.65 Å². The van der Waals surface area contributed by atoms with Gasteiger partial charge >= 0.3 is 0 Å². The standard InChI is InChI=1S/C18H20N4S/c1-12-5-3-4-6-15(12)13-7-16-17(14-9-20-21(2)10-14)11-22(23)18(16)19-8-13/h7-11,23H,3-6H2,1-2H3. The fraction of sp³-hybridized carbons (Fsp3) is 0.333. The number of hydrogen-bond donors (Lipinski definition) is 1. The molecule has 1 aliphatic rings. The first-order valence-electron chi connectivity index (χ1n) is 8.02. The number of rotatable bonds is 2. The lowest BCUT2D eigenvalue weighted by molar-refractivity contribution is 0.714. The minimum atomic E-state index is 0.894. The summed E-state index contributed by atoms with van der Waals surface area (Å²) in [6, 6.07) is 2.27. The molecule has 4 nitrogen and oxygen atoms in total. The minimum Gasteiger partial charge on any atom is -0.277 e. The van der Waals surface area contributed by atoms with Crippen molar-refractivity contribution in [1.82, 2.24) is 18.7 Å². The Balaban J connectivity index is 1.91. The van der Waals surface area contributed by atoms with Gasteiger partial charge in [-0.25, -0.2) is 4.98 Å². The molecule has 0 amide bonds. The molecule has 0 aliphatic heterocycles. The van der Waals surface area contributed by atoms with Crippen molar-refractivity contribution < 1.29 is 0 Å². The van der Waals surface area contributed by atoms with Gasteiger partial charge in [0, 0.05) is 42.2 Å². The van der Waals surface area contributed by atoms with Crippen LogP contribution in [0.4, 0.5) is 0 Å². The molecule has 0 fully saturated rings.